The van der Waals surface area contributed by atoms with Gasteiger partial charge in [-0.05, 0) is 55.4 Å². The van der Waals surface area contributed by atoms with Gasteiger partial charge < -0.3 is 9.64 Å². The lowest BCUT2D eigenvalue weighted by Crippen LogP contribution is -2.27. The van der Waals surface area contributed by atoms with E-state index in [1.807, 2.05) is 45.0 Å². The van der Waals surface area contributed by atoms with Gasteiger partial charge in [-0.25, -0.2) is 0 Å². The number of anilines is 1. The SMILES string of the molecule is CCN1C(=O)C(=Cc2ccc(N(C)C)cc2C)OC1=S. The van der Waals surface area contributed by atoms with Crippen LogP contribution >= 0.6 is 12.2 Å². The highest BCUT2D eigenvalue weighted by atomic mass is 32.1. The van der Waals surface area contributed by atoms with Gasteiger partial charge in [-0.2, -0.15) is 0 Å². The highest BCUT2D eigenvalue weighted by molar-refractivity contribution is 7.80. The number of amides is 1. The molecule has 2 rings (SSSR count). The van der Waals surface area contributed by atoms with E-state index in [1.165, 1.54) is 4.90 Å². The summed E-state index contributed by atoms with van der Waals surface area (Å²) >= 11 is 5.03. The van der Waals surface area contributed by atoms with Gasteiger partial charge in [-0.15, -0.1) is 0 Å². The van der Waals surface area contributed by atoms with E-state index in [9.17, 15) is 4.79 Å². The molecule has 0 radical (unpaired) electrons. The average molecular weight is 290 g/mol. The average Bonchev–Trinajstić information content (AvgIpc) is 2.66. The van der Waals surface area contributed by atoms with Crippen LogP contribution in [-0.4, -0.2) is 36.6 Å². The van der Waals surface area contributed by atoms with E-state index in [0.717, 1.165) is 16.8 Å². The van der Waals surface area contributed by atoms with Gasteiger partial charge in [0, 0.05) is 26.3 Å². The highest BCUT2D eigenvalue weighted by Crippen LogP contribution is 2.23. The Balaban J connectivity index is 2.32. The van der Waals surface area contributed by atoms with E-state index in [2.05, 4.69) is 6.07 Å². The van der Waals surface area contributed by atoms with Crippen LogP contribution in [0.5, 0.6) is 0 Å². The van der Waals surface area contributed by atoms with E-state index in [4.69, 9.17) is 17.0 Å². The minimum atomic E-state index is -0.173. The van der Waals surface area contributed by atoms with Crippen molar-refractivity contribution in [2.24, 2.45) is 0 Å². The van der Waals surface area contributed by atoms with Crippen molar-refractivity contribution in [2.45, 2.75) is 13.8 Å². The number of nitrogens with zero attached hydrogens (tertiary/aromatic N) is 2. The lowest BCUT2D eigenvalue weighted by Gasteiger charge is -2.14. The molecule has 0 bridgehead atoms. The van der Waals surface area contributed by atoms with Crippen molar-refractivity contribution in [3.63, 3.8) is 0 Å². The summed E-state index contributed by atoms with van der Waals surface area (Å²) in [5.74, 6) is 0.117. The molecular formula is C15H18N2O2S. The van der Waals surface area contributed by atoms with Crippen LogP contribution in [0.2, 0.25) is 0 Å². The summed E-state index contributed by atoms with van der Waals surface area (Å²) < 4.78 is 5.37. The van der Waals surface area contributed by atoms with Crippen LogP contribution in [0, 0.1) is 6.92 Å². The molecule has 1 amide bonds. The number of hydrogen-bond donors (Lipinski definition) is 0. The number of ether oxygens (including phenoxy) is 1. The van der Waals surface area contributed by atoms with Crippen molar-refractivity contribution in [2.75, 3.05) is 25.5 Å². The Hall–Kier alpha value is -1.88. The first-order chi connectivity index (χ1) is 9.43. The van der Waals surface area contributed by atoms with Gasteiger partial charge in [0.25, 0.3) is 11.1 Å². The molecule has 0 spiro atoms. The smallest absolute Gasteiger partial charge is 0.297 e. The van der Waals surface area contributed by atoms with Crippen LogP contribution in [0.1, 0.15) is 18.1 Å². The summed E-state index contributed by atoms with van der Waals surface area (Å²) in [4.78, 5) is 15.6. The molecule has 4 nitrogen and oxygen atoms in total. The first-order valence-electron chi connectivity index (χ1n) is 6.47. The maximum Gasteiger partial charge on any atom is 0.297 e. The summed E-state index contributed by atoms with van der Waals surface area (Å²) in [5, 5.41) is 0.228. The molecule has 1 aromatic rings. The third-order valence-corrected chi connectivity index (χ3v) is 3.55. The molecule has 1 aromatic carbocycles. The molecule has 1 heterocycles. The second kappa shape index (κ2) is 5.63. The molecule has 106 valence electrons. The van der Waals surface area contributed by atoms with E-state index < -0.39 is 0 Å². The molecule has 1 saturated heterocycles. The van der Waals surface area contributed by atoms with Gasteiger partial charge in [0.1, 0.15) is 0 Å². The van der Waals surface area contributed by atoms with Crippen LogP contribution in [0.4, 0.5) is 5.69 Å². The van der Waals surface area contributed by atoms with Gasteiger partial charge in [-0.3, -0.25) is 9.69 Å². The summed E-state index contributed by atoms with van der Waals surface area (Å²) in [5.41, 5.74) is 3.16. The Morgan fingerprint density at radius 1 is 1.40 bits per heavy atom. The lowest BCUT2D eigenvalue weighted by atomic mass is 10.1. The minimum Gasteiger partial charge on any atom is -0.426 e. The van der Waals surface area contributed by atoms with Gasteiger partial charge >= 0.3 is 0 Å². The van der Waals surface area contributed by atoms with Crippen LogP contribution in [0.3, 0.4) is 0 Å². The van der Waals surface area contributed by atoms with Crippen molar-refractivity contribution in [3.8, 4) is 0 Å². The van der Waals surface area contributed by atoms with Crippen LogP contribution in [0.25, 0.3) is 6.08 Å². The molecule has 1 fully saturated rings. The molecule has 0 aromatic heterocycles. The Labute approximate surface area is 124 Å². The van der Waals surface area contributed by atoms with Gasteiger partial charge in [0.2, 0.25) is 0 Å². The number of hydrogen-bond acceptors (Lipinski definition) is 4. The zero-order valence-electron chi connectivity index (χ0n) is 12.1. The third-order valence-electron chi connectivity index (χ3n) is 3.25. The second-order valence-electron chi connectivity index (χ2n) is 4.86. The Morgan fingerprint density at radius 3 is 2.60 bits per heavy atom. The molecule has 0 aliphatic carbocycles. The van der Waals surface area contributed by atoms with Crippen molar-refractivity contribution in [3.05, 3.63) is 35.1 Å². The fraction of sp³-hybridized carbons (Fsp3) is 0.333. The van der Waals surface area contributed by atoms with Gasteiger partial charge in [-0.1, -0.05) is 6.07 Å². The third kappa shape index (κ3) is 2.67. The molecule has 1 aliphatic rings. The van der Waals surface area contributed by atoms with E-state index >= 15 is 0 Å². The molecule has 0 unspecified atom stereocenters. The molecule has 20 heavy (non-hydrogen) atoms. The van der Waals surface area contributed by atoms with Crippen LogP contribution in [-0.2, 0) is 9.53 Å². The van der Waals surface area contributed by atoms with E-state index in [0.29, 0.717) is 6.54 Å². The minimum absolute atomic E-state index is 0.173. The number of carbonyl (C=O) groups excluding carboxylic acids is 1. The predicted molar refractivity (Wildman–Crippen MR) is 84.6 cm³/mol. The van der Waals surface area contributed by atoms with Gasteiger partial charge in [0.05, 0.1) is 0 Å². The van der Waals surface area contributed by atoms with E-state index in [1.54, 1.807) is 6.08 Å². The first kappa shape index (κ1) is 14.5. The molecule has 0 atom stereocenters. The molecule has 1 aliphatic heterocycles. The quantitative estimate of drug-likeness (QED) is 0.633. The number of carbonyl (C=O) groups is 1. The monoisotopic (exact) mass is 290 g/mol. The Kier molecular flexibility index (Phi) is 4.09. The number of rotatable bonds is 3. The van der Waals surface area contributed by atoms with Crippen molar-refractivity contribution < 1.29 is 9.53 Å². The van der Waals surface area contributed by atoms with Crippen LogP contribution < -0.4 is 4.90 Å². The van der Waals surface area contributed by atoms with Crippen LogP contribution in [0.15, 0.2) is 24.0 Å². The predicted octanol–water partition coefficient (Wildman–Crippen LogP) is 2.57. The molecular weight excluding hydrogens is 272 g/mol. The maximum absolute atomic E-state index is 12.1. The van der Waals surface area contributed by atoms with E-state index in [-0.39, 0.29) is 16.8 Å². The summed E-state index contributed by atoms with van der Waals surface area (Å²) in [6, 6.07) is 6.06. The summed E-state index contributed by atoms with van der Waals surface area (Å²) in [6.07, 6.45) is 1.75. The second-order valence-corrected chi connectivity index (χ2v) is 5.21. The topological polar surface area (TPSA) is 32.8 Å². The molecule has 5 heteroatoms. The fourth-order valence-electron chi connectivity index (χ4n) is 2.01. The normalized spacial score (nSPS) is 16.8. The summed E-state index contributed by atoms with van der Waals surface area (Å²) in [7, 11) is 3.99. The van der Waals surface area contributed by atoms with Crippen molar-refractivity contribution in [1.29, 1.82) is 0 Å². The van der Waals surface area contributed by atoms with Crippen molar-refractivity contribution >= 4 is 35.1 Å². The Morgan fingerprint density at radius 2 is 2.10 bits per heavy atom. The summed E-state index contributed by atoms with van der Waals surface area (Å²) in [6.45, 7) is 4.40. The highest BCUT2D eigenvalue weighted by Gasteiger charge is 2.32. The number of likely N-dealkylation sites (N-methyl/N-ethyl adjacent to an activating group) is 1. The zero-order chi connectivity index (χ0) is 14.9. The van der Waals surface area contributed by atoms with Crippen molar-refractivity contribution in [1.82, 2.24) is 4.90 Å². The van der Waals surface area contributed by atoms with Gasteiger partial charge in [0.15, 0.2) is 5.76 Å². The first-order valence-corrected chi connectivity index (χ1v) is 6.88. The fourth-order valence-corrected chi connectivity index (χ4v) is 2.32. The number of thiocarbonyl (C=S) groups is 1. The largest absolute Gasteiger partial charge is 0.426 e. The molecule has 0 saturated carbocycles. The number of aryl methyl sites for hydroxylation is 1. The Bertz CT molecular complexity index is 594. The molecule has 0 N–H and O–H groups in total. The standard InChI is InChI=1S/C15H18N2O2S/c1-5-17-14(18)13(19-15(17)20)9-11-6-7-12(16(3)4)8-10(11)2/h6-9H,5H2,1-4H3. The maximum atomic E-state index is 12.1. The number of benzene rings is 1. The lowest BCUT2D eigenvalue weighted by molar-refractivity contribution is -0.122. The zero-order valence-corrected chi connectivity index (χ0v) is 13.0.